The first-order valence-corrected chi connectivity index (χ1v) is 8.09. The molecular formula is C17H18F2N4O3. The molecule has 0 unspecified atom stereocenters. The number of carbonyl (C=O) groups is 1. The molecule has 2 amide bonds. The predicted molar refractivity (Wildman–Crippen MR) is 89.2 cm³/mol. The van der Waals surface area contributed by atoms with Crippen molar-refractivity contribution in [3.05, 3.63) is 42.2 Å². The van der Waals surface area contributed by atoms with Crippen molar-refractivity contribution >= 4 is 11.7 Å². The topological polar surface area (TPSA) is 76.6 Å². The number of rotatable bonds is 4. The number of carbonyl (C=O) groups excluding carboxylic acids is 1. The van der Waals surface area contributed by atoms with Crippen LogP contribution in [0.5, 0.6) is 11.8 Å². The van der Waals surface area contributed by atoms with Gasteiger partial charge in [-0.25, -0.2) is 13.6 Å². The van der Waals surface area contributed by atoms with E-state index in [-0.39, 0.29) is 12.1 Å². The van der Waals surface area contributed by atoms with Crippen LogP contribution >= 0.6 is 0 Å². The molecule has 9 heteroatoms. The van der Waals surface area contributed by atoms with Gasteiger partial charge < -0.3 is 19.7 Å². The zero-order chi connectivity index (χ0) is 18.5. The number of aromatic nitrogens is 2. The second kappa shape index (κ2) is 7.94. The zero-order valence-electron chi connectivity index (χ0n) is 14.1. The number of anilines is 1. The molecular weight excluding hydrogens is 346 g/mol. The molecule has 0 bridgehead atoms. The number of nitrogens with one attached hydrogen (secondary N) is 1. The van der Waals surface area contributed by atoms with E-state index in [4.69, 9.17) is 9.47 Å². The summed E-state index contributed by atoms with van der Waals surface area (Å²) in [5.74, 6) is -1.09. The summed E-state index contributed by atoms with van der Waals surface area (Å²) < 4.78 is 37.9. The van der Waals surface area contributed by atoms with E-state index in [9.17, 15) is 13.6 Å². The van der Waals surface area contributed by atoms with Crippen molar-refractivity contribution < 1.29 is 23.0 Å². The molecule has 2 aromatic rings. The maximum atomic E-state index is 13.6. The number of nitrogens with zero attached hydrogens (tertiary/aromatic N) is 3. The van der Waals surface area contributed by atoms with E-state index in [1.165, 1.54) is 30.5 Å². The summed E-state index contributed by atoms with van der Waals surface area (Å²) in [5.41, 5.74) is -0.442. The smallest absolute Gasteiger partial charge is 0.322 e. The van der Waals surface area contributed by atoms with Crippen LogP contribution in [0.25, 0.3) is 0 Å². The number of hydrogen-bond donors (Lipinski definition) is 1. The summed E-state index contributed by atoms with van der Waals surface area (Å²) in [6.45, 7) is 0.783. The minimum absolute atomic E-state index is 0.141. The lowest BCUT2D eigenvalue weighted by molar-refractivity contribution is 0.107. The number of urea groups is 1. The third-order valence-electron chi connectivity index (χ3n) is 4.04. The number of methoxy groups -OCH3 is 1. The van der Waals surface area contributed by atoms with Gasteiger partial charge in [0.25, 0.3) is 0 Å². The summed E-state index contributed by atoms with van der Waals surface area (Å²) >= 11 is 0. The minimum atomic E-state index is -0.812. The van der Waals surface area contributed by atoms with E-state index >= 15 is 0 Å². The number of hydrogen-bond acceptors (Lipinski definition) is 5. The molecule has 26 heavy (non-hydrogen) atoms. The normalized spacial score (nSPS) is 14.8. The maximum absolute atomic E-state index is 13.6. The molecule has 0 aliphatic carbocycles. The Morgan fingerprint density at radius 2 is 1.81 bits per heavy atom. The van der Waals surface area contributed by atoms with Crippen LogP contribution < -0.4 is 14.8 Å². The van der Waals surface area contributed by atoms with E-state index in [1.54, 1.807) is 0 Å². The fourth-order valence-corrected chi connectivity index (χ4v) is 2.60. The molecule has 1 aliphatic rings. The number of para-hydroxylation sites is 1. The second-order valence-electron chi connectivity index (χ2n) is 5.74. The third-order valence-corrected chi connectivity index (χ3v) is 4.04. The lowest BCUT2D eigenvalue weighted by atomic mass is 10.1. The summed E-state index contributed by atoms with van der Waals surface area (Å²) in [7, 11) is 1.52. The Kier molecular flexibility index (Phi) is 5.45. The van der Waals surface area contributed by atoms with Crippen LogP contribution in [0, 0.1) is 11.6 Å². The molecule has 2 heterocycles. The van der Waals surface area contributed by atoms with Gasteiger partial charge in [0.15, 0.2) is 5.75 Å². The van der Waals surface area contributed by atoms with Gasteiger partial charge in [-0.05, 0) is 12.1 Å². The SMILES string of the molecule is COc1cnc(OC2CCN(C(=O)Nc3c(F)cccc3F)CC2)nc1. The van der Waals surface area contributed by atoms with Gasteiger partial charge in [-0.3, -0.25) is 0 Å². The second-order valence-corrected chi connectivity index (χ2v) is 5.74. The highest BCUT2D eigenvalue weighted by Gasteiger charge is 2.25. The van der Waals surface area contributed by atoms with Crippen LogP contribution in [-0.4, -0.2) is 47.2 Å². The molecule has 7 nitrogen and oxygen atoms in total. The molecule has 1 saturated heterocycles. The number of likely N-dealkylation sites (tertiary alicyclic amines) is 1. The third kappa shape index (κ3) is 4.16. The molecule has 1 aromatic heterocycles. The number of ether oxygens (including phenoxy) is 2. The lowest BCUT2D eigenvalue weighted by Gasteiger charge is -2.31. The van der Waals surface area contributed by atoms with E-state index < -0.39 is 23.4 Å². The number of amides is 2. The van der Waals surface area contributed by atoms with Crippen molar-refractivity contribution in [1.82, 2.24) is 14.9 Å². The van der Waals surface area contributed by atoms with E-state index in [0.29, 0.717) is 31.7 Å². The fourth-order valence-electron chi connectivity index (χ4n) is 2.60. The Hall–Kier alpha value is -2.97. The van der Waals surface area contributed by atoms with Crippen molar-refractivity contribution in [1.29, 1.82) is 0 Å². The van der Waals surface area contributed by atoms with Gasteiger partial charge in [0, 0.05) is 25.9 Å². The van der Waals surface area contributed by atoms with Gasteiger partial charge in [0.1, 0.15) is 23.4 Å². The first-order valence-electron chi connectivity index (χ1n) is 8.09. The summed E-state index contributed by atoms with van der Waals surface area (Å²) in [6, 6.07) is 3.11. The van der Waals surface area contributed by atoms with Crippen molar-refractivity contribution in [2.45, 2.75) is 18.9 Å². The van der Waals surface area contributed by atoms with Gasteiger partial charge in [0.2, 0.25) is 0 Å². The molecule has 0 saturated carbocycles. The van der Waals surface area contributed by atoms with Crippen molar-refractivity contribution in [2.75, 3.05) is 25.5 Å². The Morgan fingerprint density at radius 3 is 2.38 bits per heavy atom. The monoisotopic (exact) mass is 364 g/mol. The van der Waals surface area contributed by atoms with Gasteiger partial charge in [0.05, 0.1) is 19.5 Å². The van der Waals surface area contributed by atoms with E-state index in [2.05, 4.69) is 15.3 Å². The van der Waals surface area contributed by atoms with E-state index in [1.807, 2.05) is 0 Å². The molecule has 1 fully saturated rings. The number of piperidine rings is 1. The lowest BCUT2D eigenvalue weighted by Crippen LogP contribution is -2.44. The standard InChI is InChI=1S/C17H18F2N4O3/c1-25-12-9-20-16(21-10-12)26-11-5-7-23(8-6-11)17(24)22-15-13(18)3-2-4-14(15)19/h2-4,9-11H,5-8H2,1H3,(H,22,24). The average Bonchev–Trinajstić information content (AvgIpc) is 2.66. The highest BCUT2D eigenvalue weighted by molar-refractivity contribution is 5.89. The number of halogens is 2. The average molecular weight is 364 g/mol. The number of benzene rings is 1. The van der Waals surface area contributed by atoms with Gasteiger partial charge in [-0.15, -0.1) is 0 Å². The van der Waals surface area contributed by atoms with Crippen LogP contribution in [0.4, 0.5) is 19.3 Å². The van der Waals surface area contributed by atoms with Gasteiger partial charge >= 0.3 is 12.0 Å². The van der Waals surface area contributed by atoms with Crippen molar-refractivity contribution in [3.8, 4) is 11.8 Å². The van der Waals surface area contributed by atoms with Crippen LogP contribution in [0.1, 0.15) is 12.8 Å². The summed E-state index contributed by atoms with van der Waals surface area (Å²) in [4.78, 5) is 21.8. The molecule has 1 aliphatic heterocycles. The highest BCUT2D eigenvalue weighted by atomic mass is 19.1. The molecule has 0 radical (unpaired) electrons. The summed E-state index contributed by atoms with van der Waals surface area (Å²) in [5, 5.41) is 2.28. The quantitative estimate of drug-likeness (QED) is 0.903. The van der Waals surface area contributed by atoms with E-state index in [0.717, 1.165) is 12.1 Å². The Balaban J connectivity index is 1.52. The Bertz CT molecular complexity index is 745. The van der Waals surface area contributed by atoms with Gasteiger partial charge in [-0.1, -0.05) is 6.07 Å². The van der Waals surface area contributed by atoms with Crippen LogP contribution in [0.15, 0.2) is 30.6 Å². The maximum Gasteiger partial charge on any atom is 0.322 e. The highest BCUT2D eigenvalue weighted by Crippen LogP contribution is 2.21. The van der Waals surface area contributed by atoms with Crippen LogP contribution in [-0.2, 0) is 0 Å². The van der Waals surface area contributed by atoms with Gasteiger partial charge in [-0.2, -0.15) is 9.97 Å². The zero-order valence-corrected chi connectivity index (χ0v) is 14.1. The largest absolute Gasteiger partial charge is 0.494 e. The molecule has 0 spiro atoms. The fraction of sp³-hybridized carbons (Fsp3) is 0.353. The molecule has 138 valence electrons. The molecule has 1 N–H and O–H groups in total. The first kappa shape index (κ1) is 17.8. The van der Waals surface area contributed by atoms with Crippen molar-refractivity contribution in [2.24, 2.45) is 0 Å². The molecule has 3 rings (SSSR count). The Labute approximate surface area is 149 Å². The van der Waals surface area contributed by atoms with Crippen LogP contribution in [0.2, 0.25) is 0 Å². The Morgan fingerprint density at radius 1 is 1.19 bits per heavy atom. The minimum Gasteiger partial charge on any atom is -0.494 e. The predicted octanol–water partition coefficient (Wildman–Crippen LogP) is 2.84. The molecule has 0 atom stereocenters. The molecule has 1 aromatic carbocycles. The van der Waals surface area contributed by atoms with Crippen molar-refractivity contribution in [3.63, 3.8) is 0 Å². The first-order chi connectivity index (χ1) is 12.6. The van der Waals surface area contributed by atoms with Crippen LogP contribution in [0.3, 0.4) is 0 Å². The summed E-state index contributed by atoms with van der Waals surface area (Å²) in [6.07, 6.45) is 3.99.